The summed E-state index contributed by atoms with van der Waals surface area (Å²) in [5.74, 6) is 0.381. The number of hydrogen-bond donors (Lipinski definition) is 4. The van der Waals surface area contributed by atoms with Crippen LogP contribution in [0.2, 0.25) is 0 Å². The zero-order valence-electron chi connectivity index (χ0n) is 17.1. The minimum absolute atomic E-state index is 0.210. The number of benzene rings is 2. The first kappa shape index (κ1) is 20.4. The number of dihydropyridines is 1. The molecule has 7 heteroatoms. The molecule has 2 aliphatic heterocycles. The van der Waals surface area contributed by atoms with E-state index in [0.29, 0.717) is 5.96 Å². The fourth-order valence-electron chi connectivity index (χ4n) is 3.55. The Bertz CT molecular complexity index is 927. The summed E-state index contributed by atoms with van der Waals surface area (Å²) in [7, 11) is 0. The molecule has 2 heterocycles. The van der Waals surface area contributed by atoms with Crippen LogP contribution in [0.15, 0.2) is 76.6 Å². The predicted octanol–water partition coefficient (Wildman–Crippen LogP) is 3.07. The maximum Gasteiger partial charge on any atom is 0.195 e. The Kier molecular flexibility index (Phi) is 6.61. The maximum absolute atomic E-state index is 6.16. The van der Waals surface area contributed by atoms with Gasteiger partial charge in [-0.25, -0.2) is 4.99 Å². The number of nitrogens with one attached hydrogen (secondary N) is 3. The second-order valence-corrected chi connectivity index (χ2v) is 8.09. The van der Waals surface area contributed by atoms with Crippen molar-refractivity contribution >= 4 is 34.8 Å². The summed E-state index contributed by atoms with van der Waals surface area (Å²) in [6.07, 6.45) is 7.92. The van der Waals surface area contributed by atoms with Gasteiger partial charge in [0.2, 0.25) is 0 Å². The zero-order valence-corrected chi connectivity index (χ0v) is 18.0. The Morgan fingerprint density at radius 1 is 1.10 bits per heavy atom. The number of thioether (sulfide) groups is 1. The molecule has 0 aromatic heterocycles. The average Bonchev–Trinajstić information content (AvgIpc) is 2.80. The standard InChI is InChI=1S/C23H28N6S/c1-30-20-11-5-17(6-12-20)21-3-2-4-22(27-21)28-23(24)26-18-7-9-19(10-8-18)29-15-13-25-14-16-29/h2-12,22,25,27H,13-16H2,1H3,(H3,24,26,28). The Labute approximate surface area is 182 Å². The molecule has 0 spiro atoms. The van der Waals surface area contributed by atoms with Crippen molar-refractivity contribution in [2.45, 2.75) is 11.1 Å². The van der Waals surface area contributed by atoms with Gasteiger partial charge in [0, 0.05) is 48.1 Å². The summed E-state index contributed by atoms with van der Waals surface area (Å²) in [5.41, 5.74) is 10.5. The van der Waals surface area contributed by atoms with Gasteiger partial charge < -0.3 is 26.6 Å². The molecule has 6 nitrogen and oxygen atoms in total. The van der Waals surface area contributed by atoms with Crippen LogP contribution in [0, 0.1) is 0 Å². The average molecular weight is 421 g/mol. The fraction of sp³-hybridized carbons (Fsp3) is 0.261. The van der Waals surface area contributed by atoms with Crippen molar-refractivity contribution in [1.29, 1.82) is 0 Å². The third kappa shape index (κ3) is 5.17. The molecule has 2 aliphatic rings. The minimum atomic E-state index is -0.210. The molecule has 156 valence electrons. The van der Waals surface area contributed by atoms with E-state index in [0.717, 1.165) is 43.1 Å². The second-order valence-electron chi connectivity index (χ2n) is 7.21. The highest BCUT2D eigenvalue weighted by molar-refractivity contribution is 7.98. The lowest BCUT2D eigenvalue weighted by Crippen LogP contribution is -2.43. The van der Waals surface area contributed by atoms with Gasteiger partial charge in [-0.1, -0.05) is 18.2 Å². The Morgan fingerprint density at radius 3 is 2.53 bits per heavy atom. The maximum atomic E-state index is 6.16. The first-order valence-electron chi connectivity index (χ1n) is 10.2. The molecule has 0 bridgehead atoms. The van der Waals surface area contributed by atoms with Crippen LogP contribution >= 0.6 is 11.8 Å². The molecular formula is C23H28N6S. The van der Waals surface area contributed by atoms with E-state index in [1.54, 1.807) is 11.8 Å². The lowest BCUT2D eigenvalue weighted by molar-refractivity contribution is 0.589. The lowest BCUT2D eigenvalue weighted by atomic mass is 10.1. The molecule has 1 fully saturated rings. The topological polar surface area (TPSA) is 77.7 Å². The summed E-state index contributed by atoms with van der Waals surface area (Å²) in [6.45, 7) is 4.12. The number of rotatable bonds is 5. The number of piperazine rings is 1. The normalized spacial score (nSPS) is 19.2. The number of aliphatic imine (C=N–C) groups is 1. The first-order chi connectivity index (χ1) is 14.7. The molecule has 0 amide bonds. The quantitative estimate of drug-likeness (QED) is 0.338. The van der Waals surface area contributed by atoms with E-state index in [2.05, 4.69) is 74.6 Å². The van der Waals surface area contributed by atoms with Gasteiger partial charge in [0.1, 0.15) is 6.17 Å². The molecule has 1 atom stereocenters. The Balaban J connectivity index is 1.36. The first-order valence-corrected chi connectivity index (χ1v) is 11.4. The van der Waals surface area contributed by atoms with Crippen LogP contribution in [-0.4, -0.2) is 44.6 Å². The van der Waals surface area contributed by atoms with Crippen molar-refractivity contribution in [3.05, 3.63) is 72.3 Å². The van der Waals surface area contributed by atoms with E-state index < -0.39 is 0 Å². The molecule has 0 radical (unpaired) electrons. The largest absolute Gasteiger partial charge is 0.370 e. The number of nitrogens with zero attached hydrogens (tertiary/aromatic N) is 2. The molecule has 1 unspecified atom stereocenters. The van der Waals surface area contributed by atoms with Crippen LogP contribution < -0.4 is 26.6 Å². The highest BCUT2D eigenvalue weighted by atomic mass is 32.2. The van der Waals surface area contributed by atoms with Gasteiger partial charge >= 0.3 is 0 Å². The van der Waals surface area contributed by atoms with Crippen LogP contribution in [0.25, 0.3) is 5.70 Å². The summed E-state index contributed by atoms with van der Waals surface area (Å²) in [4.78, 5) is 8.20. The van der Waals surface area contributed by atoms with Crippen molar-refractivity contribution in [3.8, 4) is 0 Å². The van der Waals surface area contributed by atoms with E-state index in [4.69, 9.17) is 5.73 Å². The monoisotopic (exact) mass is 420 g/mol. The van der Waals surface area contributed by atoms with Gasteiger partial charge in [-0.05, 0) is 60.4 Å². The highest BCUT2D eigenvalue weighted by Crippen LogP contribution is 2.21. The number of hydrogen-bond acceptors (Lipinski definition) is 5. The molecular weight excluding hydrogens is 392 g/mol. The van der Waals surface area contributed by atoms with Crippen LogP contribution in [-0.2, 0) is 0 Å². The second kappa shape index (κ2) is 9.73. The lowest BCUT2D eigenvalue weighted by Gasteiger charge is -2.29. The van der Waals surface area contributed by atoms with Crippen LogP contribution in [0.1, 0.15) is 5.56 Å². The summed E-state index contributed by atoms with van der Waals surface area (Å²) < 4.78 is 0. The predicted molar refractivity (Wildman–Crippen MR) is 129 cm³/mol. The van der Waals surface area contributed by atoms with Crippen molar-refractivity contribution < 1.29 is 0 Å². The zero-order chi connectivity index (χ0) is 20.8. The minimum Gasteiger partial charge on any atom is -0.370 e. The Hall–Kier alpha value is -2.90. The fourth-order valence-corrected chi connectivity index (χ4v) is 3.95. The van der Waals surface area contributed by atoms with Crippen LogP contribution in [0.3, 0.4) is 0 Å². The van der Waals surface area contributed by atoms with Gasteiger partial charge in [0.25, 0.3) is 0 Å². The van der Waals surface area contributed by atoms with Gasteiger partial charge in [-0.15, -0.1) is 11.8 Å². The molecule has 2 aromatic carbocycles. The summed E-state index contributed by atoms with van der Waals surface area (Å²) in [6, 6.07) is 16.8. The molecule has 4 rings (SSSR count). The smallest absolute Gasteiger partial charge is 0.195 e. The molecule has 2 aromatic rings. The molecule has 0 saturated carbocycles. The Morgan fingerprint density at radius 2 is 1.83 bits per heavy atom. The highest BCUT2D eigenvalue weighted by Gasteiger charge is 2.12. The van der Waals surface area contributed by atoms with Crippen molar-refractivity contribution in [3.63, 3.8) is 0 Å². The summed E-state index contributed by atoms with van der Waals surface area (Å²) >= 11 is 1.74. The van der Waals surface area contributed by atoms with E-state index >= 15 is 0 Å². The SMILES string of the molecule is CSc1ccc(C2=CC=CC(N=C(N)Nc3ccc(N4CCNCC4)cc3)N2)cc1. The third-order valence-corrected chi connectivity index (χ3v) is 5.90. The van der Waals surface area contributed by atoms with E-state index in [-0.39, 0.29) is 6.17 Å². The van der Waals surface area contributed by atoms with Crippen molar-refractivity contribution in [1.82, 2.24) is 10.6 Å². The van der Waals surface area contributed by atoms with Gasteiger partial charge in [-0.2, -0.15) is 0 Å². The van der Waals surface area contributed by atoms with Crippen molar-refractivity contribution in [2.75, 3.05) is 42.7 Å². The van der Waals surface area contributed by atoms with Crippen molar-refractivity contribution in [2.24, 2.45) is 10.7 Å². The summed E-state index contributed by atoms with van der Waals surface area (Å²) in [5, 5.41) is 9.99. The number of nitrogens with two attached hydrogens (primary N) is 1. The molecule has 1 saturated heterocycles. The van der Waals surface area contributed by atoms with Crippen LogP contribution in [0.4, 0.5) is 11.4 Å². The van der Waals surface area contributed by atoms with Crippen LogP contribution in [0.5, 0.6) is 0 Å². The van der Waals surface area contributed by atoms with Gasteiger partial charge in [0.05, 0.1) is 0 Å². The molecule has 0 aliphatic carbocycles. The number of allylic oxidation sites excluding steroid dienone is 2. The van der Waals surface area contributed by atoms with E-state index in [1.165, 1.54) is 10.6 Å². The number of guanidine groups is 1. The number of anilines is 2. The van der Waals surface area contributed by atoms with Gasteiger partial charge in [0.15, 0.2) is 5.96 Å². The third-order valence-electron chi connectivity index (χ3n) is 5.16. The molecule has 5 N–H and O–H groups in total. The van der Waals surface area contributed by atoms with E-state index in [1.807, 2.05) is 24.3 Å². The van der Waals surface area contributed by atoms with Gasteiger partial charge in [-0.3, -0.25) is 0 Å². The molecule has 30 heavy (non-hydrogen) atoms. The van der Waals surface area contributed by atoms with E-state index in [9.17, 15) is 0 Å².